The summed E-state index contributed by atoms with van der Waals surface area (Å²) in [5, 5.41) is 11.2. The number of nitrogens with zero attached hydrogens (tertiary/aromatic N) is 1. The van der Waals surface area contributed by atoms with Crippen LogP contribution < -0.4 is 10.2 Å². The molecule has 0 saturated heterocycles. The van der Waals surface area contributed by atoms with E-state index >= 15 is 0 Å². The van der Waals surface area contributed by atoms with Gasteiger partial charge in [-0.2, -0.15) is 0 Å². The van der Waals surface area contributed by atoms with E-state index in [1.54, 1.807) is 7.05 Å². The van der Waals surface area contributed by atoms with Crippen LogP contribution in [0.1, 0.15) is 24.8 Å². The van der Waals surface area contributed by atoms with Crippen molar-refractivity contribution in [2.45, 2.75) is 26.2 Å². The normalized spacial score (nSPS) is 10.0. The highest BCUT2D eigenvalue weighted by molar-refractivity contribution is 5.91. The number of carbonyl (C=O) groups excluding carboxylic acids is 1. The number of nitrogens with one attached hydrogen (secondary N) is 1. The van der Waals surface area contributed by atoms with Gasteiger partial charge in [0.1, 0.15) is 0 Å². The Hall–Kier alpha value is -2.04. The Labute approximate surface area is 113 Å². The molecule has 0 saturated carbocycles. The zero-order chi connectivity index (χ0) is 14.3. The lowest BCUT2D eigenvalue weighted by atomic mass is 10.2. The molecule has 0 fully saturated rings. The van der Waals surface area contributed by atoms with E-state index in [9.17, 15) is 9.59 Å². The Morgan fingerprint density at radius 1 is 1.21 bits per heavy atom. The molecule has 104 valence electrons. The molecule has 5 nitrogen and oxygen atoms in total. The van der Waals surface area contributed by atoms with Crippen molar-refractivity contribution < 1.29 is 14.7 Å². The van der Waals surface area contributed by atoms with Crippen LogP contribution in [0.25, 0.3) is 0 Å². The summed E-state index contributed by atoms with van der Waals surface area (Å²) < 4.78 is 0. The molecule has 5 heteroatoms. The molecule has 0 aliphatic carbocycles. The minimum absolute atomic E-state index is 0.143. The number of carboxylic acids is 1. The molecular weight excluding hydrogens is 244 g/mol. The Kier molecular flexibility index (Phi) is 5.85. The molecule has 0 radical (unpaired) electrons. The molecule has 0 unspecified atom stereocenters. The highest BCUT2D eigenvalue weighted by Crippen LogP contribution is 2.13. The minimum atomic E-state index is -0.803. The second-order valence-electron chi connectivity index (χ2n) is 4.48. The van der Waals surface area contributed by atoms with Crippen molar-refractivity contribution >= 4 is 17.7 Å². The highest BCUT2D eigenvalue weighted by Gasteiger charge is 2.09. The number of amides is 2. The number of aliphatic carboxylic acids is 1. The number of unbranched alkanes of at least 4 members (excludes halogenated alkanes) is 1. The van der Waals surface area contributed by atoms with E-state index in [1.165, 1.54) is 4.90 Å². The first-order valence-electron chi connectivity index (χ1n) is 6.30. The highest BCUT2D eigenvalue weighted by atomic mass is 16.4. The fourth-order valence-corrected chi connectivity index (χ4v) is 1.60. The number of carboxylic acid groups (broad SMARTS) is 1. The molecule has 1 rings (SSSR count). The van der Waals surface area contributed by atoms with E-state index in [2.05, 4.69) is 5.32 Å². The summed E-state index contributed by atoms with van der Waals surface area (Å²) in [7, 11) is 1.71. The second kappa shape index (κ2) is 7.41. The smallest absolute Gasteiger partial charge is 0.321 e. The Morgan fingerprint density at radius 3 is 2.42 bits per heavy atom. The fraction of sp³-hybridized carbons (Fsp3) is 0.429. The van der Waals surface area contributed by atoms with Gasteiger partial charge in [-0.05, 0) is 31.9 Å². The first-order valence-corrected chi connectivity index (χ1v) is 6.30. The molecule has 0 bridgehead atoms. The molecule has 0 aromatic heterocycles. The van der Waals surface area contributed by atoms with E-state index in [0.29, 0.717) is 19.4 Å². The summed E-state index contributed by atoms with van der Waals surface area (Å²) in [5.41, 5.74) is 1.97. The lowest BCUT2D eigenvalue weighted by molar-refractivity contribution is -0.137. The van der Waals surface area contributed by atoms with E-state index in [0.717, 1.165) is 11.3 Å². The van der Waals surface area contributed by atoms with Crippen molar-refractivity contribution in [3.05, 3.63) is 29.8 Å². The molecule has 2 N–H and O–H groups in total. The molecule has 0 spiro atoms. The van der Waals surface area contributed by atoms with Gasteiger partial charge in [0.2, 0.25) is 0 Å². The summed E-state index contributed by atoms with van der Waals surface area (Å²) in [6.45, 7) is 2.48. The summed E-state index contributed by atoms with van der Waals surface area (Å²) in [5.74, 6) is -0.803. The molecule has 1 aromatic carbocycles. The average molecular weight is 264 g/mol. The first-order chi connectivity index (χ1) is 9.00. The van der Waals surface area contributed by atoms with Crippen LogP contribution >= 0.6 is 0 Å². The Balaban J connectivity index is 2.32. The van der Waals surface area contributed by atoms with E-state index in [-0.39, 0.29) is 12.5 Å². The minimum Gasteiger partial charge on any atom is -0.481 e. The van der Waals surface area contributed by atoms with Crippen LogP contribution in [-0.2, 0) is 4.79 Å². The maximum absolute atomic E-state index is 11.8. The lowest BCUT2D eigenvalue weighted by Gasteiger charge is -2.18. The van der Waals surface area contributed by atoms with Gasteiger partial charge in [-0.3, -0.25) is 9.69 Å². The third-order valence-electron chi connectivity index (χ3n) is 2.82. The summed E-state index contributed by atoms with van der Waals surface area (Å²) >= 11 is 0. The van der Waals surface area contributed by atoms with Crippen LogP contribution in [0.15, 0.2) is 24.3 Å². The van der Waals surface area contributed by atoms with Gasteiger partial charge in [0.05, 0.1) is 0 Å². The van der Waals surface area contributed by atoms with Crippen molar-refractivity contribution in [1.82, 2.24) is 5.32 Å². The topological polar surface area (TPSA) is 69.6 Å². The molecular formula is C14H20N2O3. The quantitative estimate of drug-likeness (QED) is 0.775. The predicted molar refractivity (Wildman–Crippen MR) is 74.5 cm³/mol. The monoisotopic (exact) mass is 264 g/mol. The van der Waals surface area contributed by atoms with E-state index in [1.807, 2.05) is 31.2 Å². The van der Waals surface area contributed by atoms with Gasteiger partial charge in [0, 0.05) is 25.7 Å². The van der Waals surface area contributed by atoms with Gasteiger partial charge in [0.15, 0.2) is 0 Å². The Bertz CT molecular complexity index is 429. The van der Waals surface area contributed by atoms with E-state index in [4.69, 9.17) is 5.11 Å². The number of carbonyl (C=O) groups is 2. The average Bonchev–Trinajstić information content (AvgIpc) is 2.37. The molecule has 0 heterocycles. The van der Waals surface area contributed by atoms with Gasteiger partial charge in [0.25, 0.3) is 0 Å². The molecule has 19 heavy (non-hydrogen) atoms. The van der Waals surface area contributed by atoms with Crippen LogP contribution in [0.5, 0.6) is 0 Å². The SMILES string of the molecule is Cc1ccc(N(C)C(=O)NCCCCC(=O)O)cc1. The van der Waals surface area contributed by atoms with Gasteiger partial charge in [-0.25, -0.2) is 4.79 Å². The zero-order valence-electron chi connectivity index (χ0n) is 11.3. The van der Waals surface area contributed by atoms with Crippen molar-refractivity contribution in [3.8, 4) is 0 Å². The number of hydrogen-bond donors (Lipinski definition) is 2. The summed E-state index contributed by atoms with van der Waals surface area (Å²) in [4.78, 5) is 23.7. The maximum atomic E-state index is 11.8. The van der Waals surface area contributed by atoms with Crippen LogP contribution in [0.2, 0.25) is 0 Å². The van der Waals surface area contributed by atoms with Gasteiger partial charge in [-0.1, -0.05) is 17.7 Å². The van der Waals surface area contributed by atoms with Crippen LogP contribution in [0.4, 0.5) is 10.5 Å². The van der Waals surface area contributed by atoms with Crippen molar-refractivity contribution in [3.63, 3.8) is 0 Å². The summed E-state index contributed by atoms with van der Waals surface area (Å²) in [6.07, 6.45) is 1.38. The van der Waals surface area contributed by atoms with Crippen LogP contribution in [0, 0.1) is 6.92 Å². The number of hydrogen-bond acceptors (Lipinski definition) is 2. The van der Waals surface area contributed by atoms with Crippen molar-refractivity contribution in [1.29, 1.82) is 0 Å². The van der Waals surface area contributed by atoms with E-state index < -0.39 is 5.97 Å². The largest absolute Gasteiger partial charge is 0.481 e. The van der Waals surface area contributed by atoms with Gasteiger partial charge >= 0.3 is 12.0 Å². The first kappa shape index (κ1) is 15.0. The van der Waals surface area contributed by atoms with Crippen molar-refractivity contribution in [2.75, 3.05) is 18.5 Å². The number of urea groups is 1. The van der Waals surface area contributed by atoms with Crippen molar-refractivity contribution in [2.24, 2.45) is 0 Å². The van der Waals surface area contributed by atoms with Crippen LogP contribution in [-0.4, -0.2) is 30.7 Å². The number of benzene rings is 1. The fourth-order valence-electron chi connectivity index (χ4n) is 1.60. The number of anilines is 1. The Morgan fingerprint density at radius 2 is 1.84 bits per heavy atom. The standard InChI is InChI=1S/C14H20N2O3/c1-11-6-8-12(9-7-11)16(2)14(19)15-10-4-3-5-13(17)18/h6-9H,3-5,10H2,1-2H3,(H,15,19)(H,17,18). The maximum Gasteiger partial charge on any atom is 0.321 e. The summed E-state index contributed by atoms with van der Waals surface area (Å²) in [6, 6.07) is 7.50. The van der Waals surface area contributed by atoms with Gasteiger partial charge < -0.3 is 10.4 Å². The second-order valence-corrected chi connectivity index (χ2v) is 4.48. The number of aryl methyl sites for hydroxylation is 1. The number of rotatable bonds is 6. The molecule has 0 aliphatic rings. The molecule has 1 aromatic rings. The lowest BCUT2D eigenvalue weighted by Crippen LogP contribution is -2.37. The molecule has 0 atom stereocenters. The third-order valence-corrected chi connectivity index (χ3v) is 2.82. The molecule has 0 aliphatic heterocycles. The van der Waals surface area contributed by atoms with Crippen LogP contribution in [0.3, 0.4) is 0 Å². The molecule has 2 amide bonds. The predicted octanol–water partition coefficient (Wildman–Crippen LogP) is 2.40. The third kappa shape index (κ3) is 5.42. The zero-order valence-corrected chi connectivity index (χ0v) is 11.3. The van der Waals surface area contributed by atoms with Gasteiger partial charge in [-0.15, -0.1) is 0 Å².